The van der Waals surface area contributed by atoms with Crippen molar-refractivity contribution in [1.29, 1.82) is 0 Å². The molecule has 0 saturated heterocycles. The molecule has 2 rings (SSSR count). The van der Waals surface area contributed by atoms with Gasteiger partial charge < -0.3 is 5.32 Å². The Morgan fingerprint density at radius 1 is 1.36 bits per heavy atom. The van der Waals surface area contributed by atoms with Crippen LogP contribution in [-0.2, 0) is 4.79 Å². The lowest BCUT2D eigenvalue weighted by atomic mass is 9.82. The molecule has 14 heavy (non-hydrogen) atoms. The maximum absolute atomic E-state index is 12.4. The lowest BCUT2D eigenvalue weighted by Gasteiger charge is -2.36. The Morgan fingerprint density at radius 2 is 2.00 bits per heavy atom. The highest BCUT2D eigenvalue weighted by molar-refractivity contribution is 5.76. The molecule has 0 aromatic rings. The summed E-state index contributed by atoms with van der Waals surface area (Å²) in [5.74, 6) is -2.07. The highest BCUT2D eigenvalue weighted by Crippen LogP contribution is 2.37. The molecule has 1 amide bonds. The first-order valence-electron chi connectivity index (χ1n) is 5.22. The third-order valence-corrected chi connectivity index (χ3v) is 3.15. The van der Waals surface area contributed by atoms with Gasteiger partial charge in [0.15, 0.2) is 0 Å². The minimum atomic E-state index is -2.53. The van der Waals surface area contributed by atoms with Gasteiger partial charge in [0.2, 0.25) is 5.91 Å². The summed E-state index contributed by atoms with van der Waals surface area (Å²) in [6.07, 6.45) is 3.62. The van der Waals surface area contributed by atoms with Crippen LogP contribution in [-0.4, -0.2) is 17.9 Å². The lowest BCUT2D eigenvalue weighted by molar-refractivity contribution is -0.130. The zero-order valence-electron chi connectivity index (χ0n) is 8.06. The second kappa shape index (κ2) is 3.48. The molecule has 80 valence electrons. The van der Waals surface area contributed by atoms with E-state index < -0.39 is 5.92 Å². The summed E-state index contributed by atoms with van der Waals surface area (Å²) in [5, 5.41) is 2.65. The van der Waals surface area contributed by atoms with E-state index in [4.69, 9.17) is 0 Å². The Bertz CT molecular complexity index is 230. The van der Waals surface area contributed by atoms with Crippen LogP contribution in [0.1, 0.15) is 38.5 Å². The van der Waals surface area contributed by atoms with Gasteiger partial charge in [-0.3, -0.25) is 4.79 Å². The summed E-state index contributed by atoms with van der Waals surface area (Å²) in [6.45, 7) is 0. The average molecular weight is 203 g/mol. The summed E-state index contributed by atoms with van der Waals surface area (Å²) in [6, 6.07) is -0.280. The number of hydrogen-bond acceptors (Lipinski definition) is 1. The van der Waals surface area contributed by atoms with Gasteiger partial charge in [0, 0.05) is 25.3 Å². The Kier molecular flexibility index (Phi) is 2.45. The second-order valence-electron chi connectivity index (χ2n) is 4.53. The van der Waals surface area contributed by atoms with E-state index in [0.717, 1.165) is 12.8 Å². The molecule has 2 saturated carbocycles. The van der Waals surface area contributed by atoms with Crippen molar-refractivity contribution >= 4 is 5.91 Å². The van der Waals surface area contributed by atoms with E-state index in [2.05, 4.69) is 5.32 Å². The molecule has 0 spiro atoms. The van der Waals surface area contributed by atoms with Crippen LogP contribution in [0.4, 0.5) is 8.78 Å². The van der Waals surface area contributed by atoms with Crippen LogP contribution in [0.2, 0.25) is 0 Å². The van der Waals surface area contributed by atoms with Gasteiger partial charge in [0.25, 0.3) is 5.92 Å². The Morgan fingerprint density at radius 3 is 2.43 bits per heavy atom. The number of hydrogen-bond donors (Lipinski definition) is 1. The maximum Gasteiger partial charge on any atom is 0.252 e. The molecule has 4 heteroatoms. The standard InChI is InChI=1S/C10H15F2NO/c11-10(12)5-8(6-10)13-9(14)4-7-2-1-3-7/h7-8H,1-6H2,(H,13,14). The van der Waals surface area contributed by atoms with Crippen LogP contribution in [0.15, 0.2) is 0 Å². The van der Waals surface area contributed by atoms with E-state index in [1.54, 1.807) is 0 Å². The number of rotatable bonds is 3. The molecule has 2 aliphatic rings. The molecule has 2 aliphatic carbocycles. The zero-order valence-corrected chi connectivity index (χ0v) is 8.06. The fourth-order valence-corrected chi connectivity index (χ4v) is 2.01. The normalized spacial score (nSPS) is 26.4. The molecular formula is C10H15F2NO. The predicted molar refractivity (Wildman–Crippen MR) is 48.1 cm³/mol. The van der Waals surface area contributed by atoms with Crippen LogP contribution in [0.5, 0.6) is 0 Å². The van der Waals surface area contributed by atoms with Crippen LogP contribution in [0.3, 0.4) is 0 Å². The fraction of sp³-hybridized carbons (Fsp3) is 0.900. The quantitative estimate of drug-likeness (QED) is 0.747. The van der Waals surface area contributed by atoms with Crippen molar-refractivity contribution in [3.8, 4) is 0 Å². The molecular weight excluding hydrogens is 188 g/mol. The third-order valence-electron chi connectivity index (χ3n) is 3.15. The summed E-state index contributed by atoms with van der Waals surface area (Å²) in [5.41, 5.74) is 0. The van der Waals surface area contributed by atoms with Gasteiger partial charge in [-0.05, 0) is 18.8 Å². The number of halogens is 2. The second-order valence-corrected chi connectivity index (χ2v) is 4.53. The van der Waals surface area contributed by atoms with Crippen LogP contribution in [0.25, 0.3) is 0 Å². The molecule has 0 radical (unpaired) electrons. The van der Waals surface area contributed by atoms with Crippen LogP contribution < -0.4 is 5.32 Å². The lowest BCUT2D eigenvalue weighted by Crippen LogP contribution is -2.50. The largest absolute Gasteiger partial charge is 0.353 e. The smallest absolute Gasteiger partial charge is 0.252 e. The van der Waals surface area contributed by atoms with E-state index in [9.17, 15) is 13.6 Å². The van der Waals surface area contributed by atoms with Gasteiger partial charge in [0.1, 0.15) is 0 Å². The molecule has 0 aromatic heterocycles. The van der Waals surface area contributed by atoms with Gasteiger partial charge >= 0.3 is 0 Å². The van der Waals surface area contributed by atoms with Crippen LogP contribution in [0, 0.1) is 5.92 Å². The highest BCUT2D eigenvalue weighted by Gasteiger charge is 2.45. The Balaban J connectivity index is 1.63. The summed E-state index contributed by atoms with van der Waals surface area (Å²) in [4.78, 5) is 11.3. The van der Waals surface area contributed by atoms with E-state index >= 15 is 0 Å². The number of carbonyl (C=O) groups is 1. The first-order chi connectivity index (χ1) is 6.55. The highest BCUT2D eigenvalue weighted by atomic mass is 19.3. The molecule has 0 unspecified atom stereocenters. The van der Waals surface area contributed by atoms with Gasteiger partial charge in [-0.25, -0.2) is 8.78 Å². The van der Waals surface area contributed by atoms with Crippen molar-refractivity contribution in [2.45, 2.75) is 50.5 Å². The minimum absolute atomic E-state index is 0.0461. The van der Waals surface area contributed by atoms with Gasteiger partial charge in [0.05, 0.1) is 0 Å². The topological polar surface area (TPSA) is 29.1 Å². The monoisotopic (exact) mass is 203 g/mol. The molecule has 2 nitrogen and oxygen atoms in total. The molecule has 2 fully saturated rings. The van der Waals surface area contributed by atoms with E-state index in [-0.39, 0.29) is 24.8 Å². The molecule has 0 bridgehead atoms. The third kappa shape index (κ3) is 2.22. The number of alkyl halides is 2. The molecule has 0 aromatic carbocycles. The van der Waals surface area contributed by atoms with Gasteiger partial charge in [-0.15, -0.1) is 0 Å². The van der Waals surface area contributed by atoms with Crippen molar-refractivity contribution in [3.05, 3.63) is 0 Å². The summed E-state index contributed by atoms with van der Waals surface area (Å²) < 4.78 is 24.9. The van der Waals surface area contributed by atoms with E-state index in [1.165, 1.54) is 6.42 Å². The maximum atomic E-state index is 12.4. The van der Waals surface area contributed by atoms with Crippen molar-refractivity contribution < 1.29 is 13.6 Å². The van der Waals surface area contributed by atoms with Gasteiger partial charge in [-0.1, -0.05) is 6.42 Å². The predicted octanol–water partition coefficient (Wildman–Crippen LogP) is 2.09. The van der Waals surface area contributed by atoms with Crippen molar-refractivity contribution in [1.82, 2.24) is 5.32 Å². The molecule has 0 heterocycles. The van der Waals surface area contributed by atoms with Gasteiger partial charge in [-0.2, -0.15) is 0 Å². The SMILES string of the molecule is O=C(CC1CCC1)NC1CC(F)(F)C1. The Hall–Kier alpha value is -0.670. The average Bonchev–Trinajstić information content (AvgIpc) is 1.93. The first kappa shape index (κ1) is 9.87. The zero-order chi connectivity index (χ0) is 10.2. The molecule has 0 atom stereocenters. The minimum Gasteiger partial charge on any atom is -0.353 e. The van der Waals surface area contributed by atoms with E-state index in [0.29, 0.717) is 12.3 Å². The van der Waals surface area contributed by atoms with Crippen molar-refractivity contribution in [2.75, 3.05) is 0 Å². The first-order valence-corrected chi connectivity index (χ1v) is 5.22. The fourth-order valence-electron chi connectivity index (χ4n) is 2.01. The molecule has 0 aliphatic heterocycles. The Labute approximate surface area is 82.1 Å². The number of carbonyl (C=O) groups excluding carboxylic acids is 1. The number of nitrogens with one attached hydrogen (secondary N) is 1. The van der Waals surface area contributed by atoms with Crippen LogP contribution >= 0.6 is 0 Å². The molecule has 1 N–H and O–H groups in total. The van der Waals surface area contributed by atoms with E-state index in [1.807, 2.05) is 0 Å². The summed E-state index contributed by atoms with van der Waals surface area (Å²) >= 11 is 0. The summed E-state index contributed by atoms with van der Waals surface area (Å²) in [7, 11) is 0. The number of amides is 1. The van der Waals surface area contributed by atoms with Crippen molar-refractivity contribution in [2.24, 2.45) is 5.92 Å². The van der Waals surface area contributed by atoms with Crippen molar-refractivity contribution in [3.63, 3.8) is 0 Å².